The Morgan fingerprint density at radius 3 is 2.57 bits per heavy atom. The van der Waals surface area contributed by atoms with E-state index < -0.39 is 5.97 Å². The van der Waals surface area contributed by atoms with Gasteiger partial charge in [-0.05, 0) is 24.6 Å². The van der Waals surface area contributed by atoms with Crippen molar-refractivity contribution in [1.29, 1.82) is 0 Å². The average molecular weight is 306 g/mol. The number of aromatic nitrogens is 2. The third-order valence-corrected chi connectivity index (χ3v) is 3.56. The number of halogens is 1. The molecule has 0 spiro atoms. The highest BCUT2D eigenvalue weighted by molar-refractivity contribution is 6.30. The van der Waals surface area contributed by atoms with Gasteiger partial charge in [-0.25, -0.2) is 9.78 Å². The van der Waals surface area contributed by atoms with Crippen LogP contribution in [0.4, 0.5) is 5.82 Å². The fourth-order valence-electron chi connectivity index (χ4n) is 1.89. The lowest BCUT2D eigenvalue weighted by molar-refractivity contribution is 0.0593. The van der Waals surface area contributed by atoms with Crippen molar-refractivity contribution in [2.75, 3.05) is 19.1 Å². The molecule has 0 amide bonds. The Kier molecular flexibility index (Phi) is 4.75. The van der Waals surface area contributed by atoms with Crippen molar-refractivity contribution in [3.05, 3.63) is 52.9 Å². The molecule has 6 heteroatoms. The molecule has 0 aliphatic heterocycles. The lowest BCUT2D eigenvalue weighted by atomic mass is 10.1. The SMILES string of the molecule is COC(=O)c1cncc(N(C)C(C)c2ccc(Cl)cc2)n1. The molecule has 2 aromatic rings. The maximum Gasteiger partial charge on any atom is 0.358 e. The summed E-state index contributed by atoms with van der Waals surface area (Å²) in [6, 6.07) is 7.67. The zero-order valence-corrected chi connectivity index (χ0v) is 12.8. The van der Waals surface area contributed by atoms with Gasteiger partial charge < -0.3 is 9.64 Å². The van der Waals surface area contributed by atoms with Gasteiger partial charge in [-0.15, -0.1) is 0 Å². The molecular weight excluding hydrogens is 290 g/mol. The van der Waals surface area contributed by atoms with Gasteiger partial charge in [-0.3, -0.25) is 4.98 Å². The Balaban J connectivity index is 2.24. The van der Waals surface area contributed by atoms with Crippen LogP contribution in [0, 0.1) is 0 Å². The smallest absolute Gasteiger partial charge is 0.358 e. The molecule has 0 radical (unpaired) electrons. The number of hydrogen-bond donors (Lipinski definition) is 0. The summed E-state index contributed by atoms with van der Waals surface area (Å²) in [4.78, 5) is 21.8. The summed E-state index contributed by atoms with van der Waals surface area (Å²) < 4.78 is 4.65. The lowest BCUT2D eigenvalue weighted by Gasteiger charge is -2.26. The fraction of sp³-hybridized carbons (Fsp3) is 0.267. The lowest BCUT2D eigenvalue weighted by Crippen LogP contribution is -2.23. The minimum absolute atomic E-state index is 0.0597. The molecule has 5 nitrogen and oxygen atoms in total. The molecule has 0 saturated carbocycles. The van der Waals surface area contributed by atoms with Crippen LogP contribution >= 0.6 is 11.6 Å². The summed E-state index contributed by atoms with van der Waals surface area (Å²) >= 11 is 5.90. The quantitative estimate of drug-likeness (QED) is 0.812. The van der Waals surface area contributed by atoms with Crippen LogP contribution in [-0.2, 0) is 4.74 Å². The second kappa shape index (κ2) is 6.54. The molecule has 0 N–H and O–H groups in total. The van der Waals surface area contributed by atoms with E-state index >= 15 is 0 Å². The molecule has 2 rings (SSSR count). The first-order valence-corrected chi connectivity index (χ1v) is 6.79. The fourth-order valence-corrected chi connectivity index (χ4v) is 2.02. The standard InChI is InChI=1S/C15H16ClN3O2/c1-10(11-4-6-12(16)7-5-11)19(2)14-9-17-8-13(18-14)15(20)21-3/h4-10H,1-3H3. The summed E-state index contributed by atoms with van der Waals surface area (Å²) in [5.41, 5.74) is 1.28. The van der Waals surface area contributed by atoms with E-state index in [9.17, 15) is 4.79 Å². The Morgan fingerprint density at radius 1 is 1.29 bits per heavy atom. The number of methoxy groups -OCH3 is 1. The van der Waals surface area contributed by atoms with Crippen LogP contribution in [-0.4, -0.2) is 30.1 Å². The third kappa shape index (κ3) is 3.49. The van der Waals surface area contributed by atoms with Gasteiger partial charge in [-0.2, -0.15) is 0 Å². The van der Waals surface area contributed by atoms with E-state index in [2.05, 4.69) is 14.7 Å². The first kappa shape index (κ1) is 15.3. The van der Waals surface area contributed by atoms with E-state index in [-0.39, 0.29) is 11.7 Å². The van der Waals surface area contributed by atoms with Gasteiger partial charge in [0, 0.05) is 12.1 Å². The van der Waals surface area contributed by atoms with Crippen molar-refractivity contribution < 1.29 is 9.53 Å². The summed E-state index contributed by atoms with van der Waals surface area (Å²) in [6.45, 7) is 2.04. The van der Waals surface area contributed by atoms with Gasteiger partial charge in [0.1, 0.15) is 5.82 Å². The van der Waals surface area contributed by atoms with Gasteiger partial charge >= 0.3 is 5.97 Å². The Morgan fingerprint density at radius 2 is 1.95 bits per heavy atom. The third-order valence-electron chi connectivity index (χ3n) is 3.31. The number of carbonyl (C=O) groups is 1. The second-order valence-corrected chi connectivity index (χ2v) is 5.03. The molecule has 0 fully saturated rings. The number of anilines is 1. The molecule has 0 aliphatic rings. The largest absolute Gasteiger partial charge is 0.464 e. The monoisotopic (exact) mass is 305 g/mol. The number of hydrogen-bond acceptors (Lipinski definition) is 5. The van der Waals surface area contributed by atoms with Crippen LogP contribution in [0.1, 0.15) is 29.0 Å². The molecule has 21 heavy (non-hydrogen) atoms. The molecule has 1 aromatic heterocycles. The van der Waals surface area contributed by atoms with E-state index in [1.165, 1.54) is 13.3 Å². The molecule has 110 valence electrons. The molecule has 0 saturated heterocycles. The Hall–Kier alpha value is -2.14. The highest BCUT2D eigenvalue weighted by Gasteiger charge is 2.16. The summed E-state index contributed by atoms with van der Waals surface area (Å²) in [7, 11) is 3.21. The maximum atomic E-state index is 11.5. The van der Waals surface area contributed by atoms with Gasteiger partial charge in [0.25, 0.3) is 0 Å². The molecule has 1 aromatic carbocycles. The van der Waals surface area contributed by atoms with E-state index in [0.29, 0.717) is 10.8 Å². The number of carbonyl (C=O) groups excluding carboxylic acids is 1. The van der Waals surface area contributed by atoms with Crippen molar-refractivity contribution in [3.8, 4) is 0 Å². The molecule has 1 unspecified atom stereocenters. The van der Waals surface area contributed by atoms with Crippen LogP contribution in [0.5, 0.6) is 0 Å². The van der Waals surface area contributed by atoms with Gasteiger partial charge in [-0.1, -0.05) is 23.7 Å². The Bertz CT molecular complexity index is 631. The van der Waals surface area contributed by atoms with E-state index in [4.69, 9.17) is 11.6 Å². The van der Waals surface area contributed by atoms with Crippen LogP contribution in [0.2, 0.25) is 5.02 Å². The van der Waals surface area contributed by atoms with Crippen molar-refractivity contribution in [1.82, 2.24) is 9.97 Å². The predicted octanol–water partition coefficient (Wildman–Crippen LogP) is 3.11. The van der Waals surface area contributed by atoms with Gasteiger partial charge in [0.15, 0.2) is 5.69 Å². The van der Waals surface area contributed by atoms with Crippen LogP contribution in [0.15, 0.2) is 36.7 Å². The molecule has 0 aliphatic carbocycles. The van der Waals surface area contributed by atoms with E-state index in [1.54, 1.807) is 6.20 Å². The summed E-state index contributed by atoms with van der Waals surface area (Å²) in [6.07, 6.45) is 3.00. The number of rotatable bonds is 4. The number of ether oxygens (including phenoxy) is 1. The minimum atomic E-state index is -0.503. The maximum absolute atomic E-state index is 11.5. The van der Waals surface area contributed by atoms with Crippen molar-refractivity contribution in [3.63, 3.8) is 0 Å². The highest BCUT2D eigenvalue weighted by atomic mass is 35.5. The normalized spacial score (nSPS) is 11.8. The van der Waals surface area contributed by atoms with E-state index in [0.717, 1.165) is 5.56 Å². The average Bonchev–Trinajstić information content (AvgIpc) is 2.53. The van der Waals surface area contributed by atoms with Crippen molar-refractivity contribution in [2.45, 2.75) is 13.0 Å². The van der Waals surface area contributed by atoms with Crippen LogP contribution in [0.25, 0.3) is 0 Å². The zero-order valence-electron chi connectivity index (χ0n) is 12.1. The highest BCUT2D eigenvalue weighted by Crippen LogP contribution is 2.24. The molecule has 0 bridgehead atoms. The van der Waals surface area contributed by atoms with Gasteiger partial charge in [0.05, 0.1) is 25.5 Å². The predicted molar refractivity (Wildman–Crippen MR) is 81.6 cm³/mol. The van der Waals surface area contributed by atoms with Crippen molar-refractivity contribution >= 4 is 23.4 Å². The number of nitrogens with zero attached hydrogens (tertiary/aromatic N) is 3. The minimum Gasteiger partial charge on any atom is -0.464 e. The van der Waals surface area contributed by atoms with Crippen molar-refractivity contribution in [2.24, 2.45) is 0 Å². The summed E-state index contributed by atoms with van der Waals surface area (Å²) in [5.74, 6) is 0.0947. The number of benzene rings is 1. The first-order chi connectivity index (χ1) is 10.0. The Labute approximate surface area is 128 Å². The number of esters is 1. The topological polar surface area (TPSA) is 55.3 Å². The molecule has 1 heterocycles. The van der Waals surface area contributed by atoms with Gasteiger partial charge in [0.2, 0.25) is 0 Å². The van der Waals surface area contributed by atoms with E-state index in [1.807, 2.05) is 43.1 Å². The first-order valence-electron chi connectivity index (χ1n) is 6.41. The second-order valence-electron chi connectivity index (χ2n) is 4.59. The van der Waals surface area contributed by atoms with Crippen LogP contribution in [0.3, 0.4) is 0 Å². The molecule has 1 atom stereocenters. The molecular formula is C15H16ClN3O2. The van der Waals surface area contributed by atoms with Crippen LogP contribution < -0.4 is 4.90 Å². The zero-order chi connectivity index (χ0) is 15.4. The summed E-state index contributed by atoms with van der Waals surface area (Å²) in [5, 5.41) is 0.695.